The van der Waals surface area contributed by atoms with Crippen LogP contribution in [0.25, 0.3) is 0 Å². The first-order valence-electron chi connectivity index (χ1n) is 13.7. The Balaban J connectivity index is 0. The van der Waals surface area contributed by atoms with Gasteiger partial charge >= 0.3 is 75.7 Å². The average molecular weight is 869 g/mol. The molecule has 2 aromatic carbocycles. The minimum Gasteiger partial charge on any atom is -0.870 e. The van der Waals surface area contributed by atoms with Crippen molar-refractivity contribution in [3.63, 3.8) is 0 Å². The molecule has 2 rings (SSSR count). The molecule has 0 heterocycles. The minimum absolute atomic E-state index is 0. The van der Waals surface area contributed by atoms with Crippen LogP contribution in [0.2, 0.25) is 0 Å². The number of hydrogen-bond donors (Lipinski definition) is 3. The number of rotatable bonds is 12. The van der Waals surface area contributed by atoms with E-state index in [2.05, 4.69) is 36.6 Å². The van der Waals surface area contributed by atoms with E-state index in [1.54, 1.807) is 50.2 Å². The van der Waals surface area contributed by atoms with E-state index >= 15 is 0 Å². The van der Waals surface area contributed by atoms with Crippen molar-refractivity contribution in [1.82, 2.24) is 0 Å². The van der Waals surface area contributed by atoms with E-state index in [1.807, 2.05) is 0 Å². The molecule has 0 spiro atoms. The number of alkyl halides is 6. The summed E-state index contributed by atoms with van der Waals surface area (Å²) in [6.07, 6.45) is -14.2. The molecule has 274 valence electrons. The molecule has 0 saturated carbocycles. The standard InChI is InChI=1S/C16H20BrF3O4.C15H18BrF3O4.K.H2O/c1-14(2,11-7-10(17)5-6-12(11)23-3)9-15(22,16(18,19)20)8-13(21)24-4;1-13(2,10-6-9(16)4-5-11(10)23-3)8-14(22,7-12(20)21)15(17,18)19;;/h5-7,22H,8-9H2,1-4H3;4-6,22H,7-8H2,1-3H3,(H,20,21);;1H2/q;;+1;/p-1. The number of halogens is 8. The molecule has 0 aromatic heterocycles. The largest absolute Gasteiger partial charge is 1.00 e. The summed E-state index contributed by atoms with van der Waals surface area (Å²) in [5.74, 6) is -2.10. The van der Waals surface area contributed by atoms with Crippen LogP contribution in [-0.4, -0.2) is 77.6 Å². The van der Waals surface area contributed by atoms with Crippen LogP contribution in [0.1, 0.15) is 64.5 Å². The predicted molar refractivity (Wildman–Crippen MR) is 170 cm³/mol. The monoisotopic (exact) mass is 866 g/mol. The summed E-state index contributed by atoms with van der Waals surface area (Å²) in [5.41, 5.74) is -7.95. The van der Waals surface area contributed by atoms with Gasteiger partial charge in [0.25, 0.3) is 0 Å². The van der Waals surface area contributed by atoms with Crippen LogP contribution in [0.15, 0.2) is 45.3 Å². The molecular weight excluding hydrogens is 829 g/mol. The Morgan fingerprint density at radius 1 is 0.694 bits per heavy atom. The second-order valence-electron chi connectivity index (χ2n) is 12.2. The number of hydrogen-bond acceptors (Lipinski definition) is 8. The zero-order chi connectivity index (χ0) is 36.8. The van der Waals surface area contributed by atoms with Crippen LogP contribution in [0.3, 0.4) is 0 Å². The number of ether oxygens (including phenoxy) is 3. The van der Waals surface area contributed by atoms with E-state index in [0.717, 1.165) is 7.11 Å². The Kier molecular flexibility index (Phi) is 19.7. The molecule has 0 fully saturated rings. The van der Waals surface area contributed by atoms with Gasteiger partial charge in [0.15, 0.2) is 11.2 Å². The third-order valence-electron chi connectivity index (χ3n) is 7.41. The fourth-order valence-corrected chi connectivity index (χ4v) is 5.88. The molecule has 0 saturated heterocycles. The van der Waals surface area contributed by atoms with Crippen LogP contribution in [-0.2, 0) is 25.2 Å². The van der Waals surface area contributed by atoms with Crippen molar-refractivity contribution in [2.24, 2.45) is 0 Å². The summed E-state index contributed by atoms with van der Waals surface area (Å²) in [6.45, 7) is 6.09. The summed E-state index contributed by atoms with van der Waals surface area (Å²) < 4.78 is 95.9. The van der Waals surface area contributed by atoms with Crippen LogP contribution in [0, 0.1) is 0 Å². The maximum atomic E-state index is 13.4. The van der Waals surface area contributed by atoms with Crippen molar-refractivity contribution >= 4 is 43.8 Å². The number of aliphatic carboxylic acids is 1. The maximum Gasteiger partial charge on any atom is 1.00 e. The van der Waals surface area contributed by atoms with Gasteiger partial charge in [0.05, 0.1) is 34.2 Å². The average Bonchev–Trinajstić information content (AvgIpc) is 2.91. The van der Waals surface area contributed by atoms with E-state index in [0.29, 0.717) is 31.6 Å². The molecule has 9 nitrogen and oxygen atoms in total. The Labute approximate surface area is 340 Å². The number of aliphatic hydroxyl groups is 2. The topological polar surface area (TPSA) is 153 Å². The summed E-state index contributed by atoms with van der Waals surface area (Å²) >= 11 is 6.52. The van der Waals surface area contributed by atoms with Gasteiger partial charge < -0.3 is 35.0 Å². The van der Waals surface area contributed by atoms with E-state index < -0.39 is 72.0 Å². The molecule has 0 bridgehead atoms. The van der Waals surface area contributed by atoms with Crippen molar-refractivity contribution in [3.8, 4) is 11.5 Å². The van der Waals surface area contributed by atoms with Gasteiger partial charge in [-0.3, -0.25) is 9.59 Å². The summed E-state index contributed by atoms with van der Waals surface area (Å²) in [6, 6.07) is 9.80. The van der Waals surface area contributed by atoms with Crippen LogP contribution < -0.4 is 60.9 Å². The first-order chi connectivity index (χ1) is 21.2. The van der Waals surface area contributed by atoms with Gasteiger partial charge in [0.2, 0.25) is 0 Å². The van der Waals surface area contributed by atoms with E-state index in [9.17, 15) is 46.1 Å². The van der Waals surface area contributed by atoms with Gasteiger partial charge in [0, 0.05) is 20.1 Å². The minimum atomic E-state index is -5.07. The molecule has 4 N–H and O–H groups in total. The van der Waals surface area contributed by atoms with Crippen molar-refractivity contribution < 1.29 is 122 Å². The Hall–Kier alpha value is -0.964. The van der Waals surface area contributed by atoms with Gasteiger partial charge in [0.1, 0.15) is 11.5 Å². The Morgan fingerprint density at radius 3 is 1.29 bits per heavy atom. The number of esters is 1. The zero-order valence-electron chi connectivity index (χ0n) is 28.1. The van der Waals surface area contributed by atoms with Gasteiger partial charge in [-0.25, -0.2) is 0 Å². The van der Waals surface area contributed by atoms with Crippen LogP contribution in [0.5, 0.6) is 11.5 Å². The van der Waals surface area contributed by atoms with E-state index in [4.69, 9.17) is 14.6 Å². The molecule has 49 heavy (non-hydrogen) atoms. The first-order valence-corrected chi connectivity index (χ1v) is 15.3. The molecule has 2 unspecified atom stereocenters. The van der Waals surface area contributed by atoms with Crippen molar-refractivity contribution in [3.05, 3.63) is 56.5 Å². The predicted octanol–water partition coefficient (Wildman–Crippen LogP) is 4.70. The number of methoxy groups -OCH3 is 3. The number of carbonyl (C=O) groups is 2. The van der Waals surface area contributed by atoms with Gasteiger partial charge in [-0.2, -0.15) is 26.3 Å². The molecule has 0 radical (unpaired) electrons. The molecular formula is C31H39Br2F6KO9. The fourth-order valence-electron chi connectivity index (χ4n) is 5.16. The third-order valence-corrected chi connectivity index (χ3v) is 8.40. The van der Waals surface area contributed by atoms with E-state index in [1.165, 1.54) is 28.1 Å². The molecule has 0 aliphatic carbocycles. The Bertz CT molecular complexity index is 1410. The molecule has 18 heteroatoms. The van der Waals surface area contributed by atoms with Crippen LogP contribution >= 0.6 is 31.9 Å². The fraction of sp³-hybridized carbons (Fsp3) is 0.548. The molecule has 2 atom stereocenters. The normalized spacial score (nSPS) is 14.4. The number of carbonyl (C=O) groups excluding carboxylic acids is 1. The van der Waals surface area contributed by atoms with Crippen molar-refractivity contribution in [2.45, 2.75) is 87.8 Å². The molecule has 2 aromatic rings. The van der Waals surface area contributed by atoms with Gasteiger partial charge in [-0.1, -0.05) is 59.6 Å². The summed E-state index contributed by atoms with van der Waals surface area (Å²) in [7, 11) is 3.77. The first kappa shape index (κ1) is 50.1. The van der Waals surface area contributed by atoms with E-state index in [-0.39, 0.29) is 56.9 Å². The Morgan fingerprint density at radius 2 is 1.02 bits per heavy atom. The van der Waals surface area contributed by atoms with Crippen molar-refractivity contribution in [2.75, 3.05) is 21.3 Å². The number of benzene rings is 2. The summed E-state index contributed by atoms with van der Waals surface area (Å²) in [4.78, 5) is 22.1. The second-order valence-corrected chi connectivity index (χ2v) is 14.0. The number of carboxylic acid groups (broad SMARTS) is 1. The SMILES string of the molecule is COC(=O)CC(O)(CC(C)(C)c1cc(Br)ccc1OC)C(F)(F)F.COc1ccc(Br)cc1C(C)(C)CC(O)(CC(=O)O)C(F)(F)F.[K+].[OH-]. The molecule has 0 aliphatic rings. The third kappa shape index (κ3) is 13.8. The van der Waals surface area contributed by atoms with Gasteiger partial charge in [-0.15, -0.1) is 0 Å². The van der Waals surface area contributed by atoms with Gasteiger partial charge in [-0.05, 0) is 60.1 Å². The number of carboxylic acids is 1. The second kappa shape index (κ2) is 19.2. The van der Waals surface area contributed by atoms with Crippen molar-refractivity contribution in [1.29, 1.82) is 0 Å². The van der Waals surface area contributed by atoms with Crippen LogP contribution in [0.4, 0.5) is 26.3 Å². The zero-order valence-corrected chi connectivity index (χ0v) is 34.4. The maximum absolute atomic E-state index is 13.4. The molecule has 0 amide bonds. The molecule has 0 aliphatic heterocycles. The quantitative estimate of drug-likeness (QED) is 0.157. The summed E-state index contributed by atoms with van der Waals surface area (Å²) in [5, 5.41) is 28.9. The smallest absolute Gasteiger partial charge is 0.870 e.